The molecule has 0 radical (unpaired) electrons. The molecule has 0 aromatic carbocycles. The second kappa shape index (κ2) is 8.86. The highest BCUT2D eigenvalue weighted by atomic mass is 16.3. The van der Waals surface area contributed by atoms with Crippen molar-refractivity contribution in [2.45, 2.75) is 52.2 Å². The first-order valence-electron chi connectivity index (χ1n) is 6.78. The first-order chi connectivity index (χ1) is 7.95. The molecule has 0 aliphatic rings. The molecule has 0 fully saturated rings. The van der Waals surface area contributed by atoms with E-state index in [0.29, 0.717) is 19.6 Å². The van der Waals surface area contributed by atoms with Gasteiger partial charge in [-0.25, -0.2) is 0 Å². The Morgan fingerprint density at radius 1 is 1.24 bits per heavy atom. The molecule has 3 N–H and O–H groups in total. The van der Waals surface area contributed by atoms with Gasteiger partial charge in [0, 0.05) is 19.6 Å². The Labute approximate surface area is 106 Å². The fourth-order valence-electron chi connectivity index (χ4n) is 1.98. The fourth-order valence-corrected chi connectivity index (χ4v) is 1.98. The van der Waals surface area contributed by atoms with Crippen LogP contribution in [-0.4, -0.2) is 59.5 Å². The van der Waals surface area contributed by atoms with E-state index in [4.69, 9.17) is 0 Å². The summed E-state index contributed by atoms with van der Waals surface area (Å²) in [6.07, 6.45) is 1.38. The van der Waals surface area contributed by atoms with Gasteiger partial charge in [0.1, 0.15) is 0 Å². The van der Waals surface area contributed by atoms with E-state index in [1.807, 2.05) is 6.92 Å². The lowest BCUT2D eigenvalue weighted by Crippen LogP contribution is -2.43. The second-order valence-electron chi connectivity index (χ2n) is 5.02. The Morgan fingerprint density at radius 3 is 2.29 bits per heavy atom. The number of hydrogen-bond donors (Lipinski definition) is 3. The van der Waals surface area contributed by atoms with Crippen molar-refractivity contribution in [3.63, 3.8) is 0 Å². The Morgan fingerprint density at radius 2 is 1.82 bits per heavy atom. The van der Waals surface area contributed by atoms with Gasteiger partial charge in [-0.15, -0.1) is 0 Å². The van der Waals surface area contributed by atoms with Gasteiger partial charge < -0.3 is 20.4 Å². The topological polar surface area (TPSA) is 55.7 Å². The molecule has 2 unspecified atom stereocenters. The first kappa shape index (κ1) is 16.8. The molecular formula is C13H30N2O2. The highest BCUT2D eigenvalue weighted by Crippen LogP contribution is 2.09. The lowest BCUT2D eigenvalue weighted by atomic mass is 10.0. The van der Waals surface area contributed by atoms with E-state index >= 15 is 0 Å². The largest absolute Gasteiger partial charge is 0.390 e. The predicted octanol–water partition coefficient (Wildman–Crippen LogP) is 0.830. The zero-order chi connectivity index (χ0) is 13.3. The number of hydrogen-bond acceptors (Lipinski definition) is 4. The highest BCUT2D eigenvalue weighted by molar-refractivity contribution is 4.76. The summed E-state index contributed by atoms with van der Waals surface area (Å²) in [6, 6.07) is 0. The lowest BCUT2D eigenvalue weighted by Gasteiger charge is -2.25. The molecule has 0 spiro atoms. The molecule has 0 aromatic rings. The Hall–Kier alpha value is -0.160. The number of nitrogens with zero attached hydrogens (tertiary/aromatic N) is 1. The minimum atomic E-state index is -0.663. The van der Waals surface area contributed by atoms with Crippen LogP contribution in [0.5, 0.6) is 0 Å². The molecule has 0 saturated heterocycles. The van der Waals surface area contributed by atoms with Crippen molar-refractivity contribution < 1.29 is 10.2 Å². The summed E-state index contributed by atoms with van der Waals surface area (Å²) in [5, 5.41) is 22.9. The molecule has 17 heavy (non-hydrogen) atoms. The minimum absolute atomic E-state index is 0.368. The van der Waals surface area contributed by atoms with Gasteiger partial charge in [-0.05, 0) is 26.4 Å². The van der Waals surface area contributed by atoms with E-state index < -0.39 is 5.60 Å². The summed E-state index contributed by atoms with van der Waals surface area (Å²) in [5.74, 6) is 0. The van der Waals surface area contributed by atoms with Crippen LogP contribution in [0.1, 0.15) is 40.5 Å². The summed E-state index contributed by atoms with van der Waals surface area (Å²) < 4.78 is 0. The van der Waals surface area contributed by atoms with Crippen LogP contribution in [-0.2, 0) is 0 Å². The Bertz CT molecular complexity index is 182. The van der Waals surface area contributed by atoms with Crippen molar-refractivity contribution in [1.82, 2.24) is 10.2 Å². The standard InChI is InChI=1S/C13H30N2O2/c1-5-8-13(4,17)11-14-9-12(16)10-15(6-2)7-3/h12,14,16-17H,5-11H2,1-4H3. The van der Waals surface area contributed by atoms with Crippen molar-refractivity contribution in [2.75, 3.05) is 32.7 Å². The van der Waals surface area contributed by atoms with Gasteiger partial charge >= 0.3 is 0 Å². The van der Waals surface area contributed by atoms with Crippen LogP contribution >= 0.6 is 0 Å². The van der Waals surface area contributed by atoms with Crippen LogP contribution in [0.15, 0.2) is 0 Å². The molecule has 4 nitrogen and oxygen atoms in total. The number of aliphatic hydroxyl groups excluding tert-OH is 1. The van der Waals surface area contributed by atoms with Crippen molar-refractivity contribution in [2.24, 2.45) is 0 Å². The number of likely N-dealkylation sites (N-methyl/N-ethyl adjacent to an activating group) is 1. The van der Waals surface area contributed by atoms with E-state index in [-0.39, 0.29) is 6.10 Å². The van der Waals surface area contributed by atoms with Gasteiger partial charge in [-0.1, -0.05) is 27.2 Å². The van der Waals surface area contributed by atoms with Gasteiger partial charge in [0.15, 0.2) is 0 Å². The second-order valence-corrected chi connectivity index (χ2v) is 5.02. The highest BCUT2D eigenvalue weighted by Gasteiger charge is 2.19. The van der Waals surface area contributed by atoms with Crippen molar-refractivity contribution in [3.8, 4) is 0 Å². The van der Waals surface area contributed by atoms with Crippen LogP contribution in [0.3, 0.4) is 0 Å². The zero-order valence-electron chi connectivity index (χ0n) is 11.9. The van der Waals surface area contributed by atoms with Crippen molar-refractivity contribution in [1.29, 1.82) is 0 Å². The molecule has 0 aromatic heterocycles. The van der Waals surface area contributed by atoms with E-state index in [2.05, 4.69) is 31.0 Å². The molecule has 2 atom stereocenters. The van der Waals surface area contributed by atoms with E-state index in [1.54, 1.807) is 0 Å². The molecule has 104 valence electrons. The maximum Gasteiger partial charge on any atom is 0.0791 e. The molecule has 0 bridgehead atoms. The smallest absolute Gasteiger partial charge is 0.0791 e. The third-order valence-electron chi connectivity index (χ3n) is 3.04. The van der Waals surface area contributed by atoms with Crippen molar-refractivity contribution >= 4 is 0 Å². The Balaban J connectivity index is 3.73. The van der Waals surface area contributed by atoms with Crippen LogP contribution in [0.25, 0.3) is 0 Å². The SMILES string of the molecule is CCCC(C)(O)CNCC(O)CN(CC)CC. The van der Waals surface area contributed by atoms with Gasteiger partial charge in [-0.3, -0.25) is 0 Å². The number of aliphatic hydroxyl groups is 2. The number of nitrogens with one attached hydrogen (secondary N) is 1. The molecule has 0 heterocycles. The summed E-state index contributed by atoms with van der Waals surface area (Å²) in [5.41, 5.74) is -0.663. The minimum Gasteiger partial charge on any atom is -0.390 e. The van der Waals surface area contributed by atoms with E-state index in [1.165, 1.54) is 0 Å². The first-order valence-corrected chi connectivity index (χ1v) is 6.78. The summed E-state index contributed by atoms with van der Waals surface area (Å²) in [7, 11) is 0. The molecule has 0 aliphatic carbocycles. The summed E-state index contributed by atoms with van der Waals surface area (Å²) in [6.45, 7) is 11.8. The molecule has 0 amide bonds. The summed E-state index contributed by atoms with van der Waals surface area (Å²) in [4.78, 5) is 2.19. The van der Waals surface area contributed by atoms with Crippen LogP contribution in [0, 0.1) is 0 Å². The monoisotopic (exact) mass is 246 g/mol. The van der Waals surface area contributed by atoms with Crippen molar-refractivity contribution in [3.05, 3.63) is 0 Å². The van der Waals surface area contributed by atoms with Crippen LogP contribution in [0.2, 0.25) is 0 Å². The van der Waals surface area contributed by atoms with Crippen LogP contribution < -0.4 is 5.32 Å². The molecule has 0 rings (SSSR count). The lowest BCUT2D eigenvalue weighted by molar-refractivity contribution is 0.0439. The third kappa shape index (κ3) is 8.55. The van der Waals surface area contributed by atoms with Gasteiger partial charge in [0.2, 0.25) is 0 Å². The van der Waals surface area contributed by atoms with Gasteiger partial charge in [0.25, 0.3) is 0 Å². The van der Waals surface area contributed by atoms with Crippen LogP contribution in [0.4, 0.5) is 0 Å². The number of rotatable bonds is 10. The quantitative estimate of drug-likeness (QED) is 0.534. The average molecular weight is 246 g/mol. The maximum absolute atomic E-state index is 9.95. The zero-order valence-corrected chi connectivity index (χ0v) is 11.9. The van der Waals surface area contributed by atoms with Gasteiger partial charge in [0.05, 0.1) is 11.7 Å². The normalized spacial score (nSPS) is 17.1. The predicted molar refractivity (Wildman–Crippen MR) is 72.2 cm³/mol. The maximum atomic E-state index is 9.95. The molecular weight excluding hydrogens is 216 g/mol. The fraction of sp³-hybridized carbons (Fsp3) is 1.00. The van der Waals surface area contributed by atoms with E-state index in [0.717, 1.165) is 25.9 Å². The summed E-state index contributed by atoms with van der Waals surface area (Å²) >= 11 is 0. The Kier molecular flexibility index (Phi) is 8.78. The van der Waals surface area contributed by atoms with Gasteiger partial charge in [-0.2, -0.15) is 0 Å². The third-order valence-corrected chi connectivity index (χ3v) is 3.04. The average Bonchev–Trinajstić information content (AvgIpc) is 2.25. The molecule has 4 heteroatoms. The molecule has 0 saturated carbocycles. The molecule has 0 aliphatic heterocycles. The van der Waals surface area contributed by atoms with E-state index in [9.17, 15) is 10.2 Å².